The van der Waals surface area contributed by atoms with E-state index in [1.807, 2.05) is 25.2 Å². The van der Waals surface area contributed by atoms with Crippen LogP contribution in [0.1, 0.15) is 32.8 Å². The molecule has 3 heterocycles. The average molecular weight is 639 g/mol. The van der Waals surface area contributed by atoms with Crippen LogP contribution in [-0.4, -0.2) is 71.4 Å². The Hall–Kier alpha value is -5.49. The van der Waals surface area contributed by atoms with Gasteiger partial charge in [-0.05, 0) is 77.7 Å². The molecule has 2 aromatic heterocycles. The van der Waals surface area contributed by atoms with E-state index in [9.17, 15) is 19.5 Å². The van der Waals surface area contributed by atoms with Crippen molar-refractivity contribution in [3.63, 3.8) is 0 Å². The van der Waals surface area contributed by atoms with Crippen LogP contribution in [0.15, 0.2) is 79.3 Å². The van der Waals surface area contributed by atoms with Crippen molar-refractivity contribution in [1.29, 1.82) is 0 Å². The SMILES string of the molecule is Cn1cnnc1-c1ccc(NC(=O)C(Cc2cc(-c3ccc(O)c(C(=O)N4CCC4)c3)ccc2Cl)NC(=O)c2ccnn2C)cc1. The Morgan fingerprint density at radius 3 is 2.33 bits per heavy atom. The Morgan fingerprint density at radius 1 is 0.957 bits per heavy atom. The van der Waals surface area contributed by atoms with Gasteiger partial charge in [-0.25, -0.2) is 0 Å². The first kappa shape index (κ1) is 30.5. The monoisotopic (exact) mass is 638 g/mol. The molecule has 1 aliphatic rings. The van der Waals surface area contributed by atoms with E-state index in [1.54, 1.807) is 65.3 Å². The molecule has 1 saturated heterocycles. The van der Waals surface area contributed by atoms with E-state index < -0.39 is 17.9 Å². The van der Waals surface area contributed by atoms with Crippen LogP contribution in [-0.2, 0) is 25.3 Å². The number of aromatic nitrogens is 5. The summed E-state index contributed by atoms with van der Waals surface area (Å²) in [6.07, 6.45) is 4.11. The fourth-order valence-electron chi connectivity index (χ4n) is 5.22. The Bertz CT molecular complexity index is 1930. The average Bonchev–Trinajstić information content (AvgIpc) is 3.65. The van der Waals surface area contributed by atoms with Crippen molar-refractivity contribution in [3.05, 3.63) is 101 Å². The maximum Gasteiger partial charge on any atom is 0.270 e. The number of nitrogens with one attached hydrogen (secondary N) is 2. The molecule has 1 fully saturated rings. The van der Waals surface area contributed by atoms with Gasteiger partial charge in [-0.3, -0.25) is 19.1 Å². The molecule has 0 spiro atoms. The number of phenolic OH excluding ortho intramolecular Hbond substituents is 1. The molecular formula is C33H31ClN8O4. The fourth-order valence-corrected chi connectivity index (χ4v) is 5.42. The summed E-state index contributed by atoms with van der Waals surface area (Å²) < 4.78 is 3.21. The minimum absolute atomic E-state index is 0.0662. The maximum atomic E-state index is 13.7. The highest BCUT2D eigenvalue weighted by molar-refractivity contribution is 6.31. The molecule has 3 aromatic carbocycles. The van der Waals surface area contributed by atoms with E-state index in [0.717, 1.165) is 17.5 Å². The van der Waals surface area contributed by atoms with Crippen molar-refractivity contribution in [2.75, 3.05) is 18.4 Å². The second-order valence-electron chi connectivity index (χ2n) is 11.1. The van der Waals surface area contributed by atoms with E-state index >= 15 is 0 Å². The first-order valence-electron chi connectivity index (χ1n) is 14.6. The molecule has 3 N–H and O–H groups in total. The van der Waals surface area contributed by atoms with Crippen molar-refractivity contribution in [3.8, 4) is 28.3 Å². The Balaban J connectivity index is 1.27. The third kappa shape index (κ3) is 6.33. The standard InChI is InChI=1S/C33H31ClN8O4/c1-40-19-35-39-30(40)20-4-8-24(9-5-20)37-31(44)27(38-32(45)28-12-13-36-41(28)2)18-23-16-21(6-10-26(23)34)22-7-11-29(43)25(17-22)33(46)42-14-3-15-42/h4-13,16-17,19,27,43H,3,14-15,18H2,1-2H3,(H,37,44)(H,38,45). The van der Waals surface area contributed by atoms with Gasteiger partial charge in [0.2, 0.25) is 5.91 Å². The van der Waals surface area contributed by atoms with E-state index in [2.05, 4.69) is 25.9 Å². The largest absolute Gasteiger partial charge is 0.507 e. The van der Waals surface area contributed by atoms with Crippen molar-refractivity contribution in [1.82, 2.24) is 34.8 Å². The molecule has 1 aliphatic heterocycles. The van der Waals surface area contributed by atoms with E-state index in [1.165, 1.54) is 16.9 Å². The number of benzene rings is 3. The zero-order valence-corrected chi connectivity index (χ0v) is 25.9. The molecule has 0 bridgehead atoms. The Morgan fingerprint density at radius 2 is 1.67 bits per heavy atom. The summed E-state index contributed by atoms with van der Waals surface area (Å²) in [5, 5.41) is 28.6. The molecule has 13 heteroatoms. The van der Waals surface area contributed by atoms with Crippen LogP contribution in [0, 0.1) is 0 Å². The fraction of sp³-hybridized carbons (Fsp3) is 0.212. The summed E-state index contributed by atoms with van der Waals surface area (Å²) in [4.78, 5) is 41.5. The summed E-state index contributed by atoms with van der Waals surface area (Å²) >= 11 is 6.64. The first-order valence-corrected chi connectivity index (χ1v) is 15.0. The number of likely N-dealkylation sites (tertiary alicyclic amines) is 1. The van der Waals surface area contributed by atoms with Crippen LogP contribution < -0.4 is 10.6 Å². The Kier molecular flexibility index (Phi) is 8.53. The molecule has 6 rings (SSSR count). The van der Waals surface area contributed by atoms with Crippen LogP contribution >= 0.6 is 11.6 Å². The lowest BCUT2D eigenvalue weighted by molar-refractivity contribution is -0.118. The van der Waals surface area contributed by atoms with Gasteiger partial charge in [0.15, 0.2) is 5.82 Å². The van der Waals surface area contributed by atoms with E-state index in [-0.39, 0.29) is 29.3 Å². The minimum atomic E-state index is -1.02. The summed E-state index contributed by atoms with van der Waals surface area (Å²) in [6.45, 7) is 1.32. The zero-order valence-electron chi connectivity index (χ0n) is 25.1. The number of halogens is 1. The molecule has 0 aliphatic carbocycles. The zero-order chi connectivity index (χ0) is 32.4. The highest BCUT2D eigenvalue weighted by Crippen LogP contribution is 2.31. The normalized spacial score (nSPS) is 13.2. The van der Waals surface area contributed by atoms with Crippen molar-refractivity contribution in [2.45, 2.75) is 18.9 Å². The number of hydrogen-bond donors (Lipinski definition) is 3. The number of amides is 3. The van der Waals surface area contributed by atoms with Gasteiger partial charge in [-0.2, -0.15) is 5.10 Å². The van der Waals surface area contributed by atoms with Crippen molar-refractivity contribution < 1.29 is 19.5 Å². The minimum Gasteiger partial charge on any atom is -0.507 e. The molecular weight excluding hydrogens is 608 g/mol. The summed E-state index contributed by atoms with van der Waals surface area (Å²) in [5.74, 6) is -0.555. The van der Waals surface area contributed by atoms with Gasteiger partial charge >= 0.3 is 0 Å². The number of aryl methyl sites for hydroxylation is 2. The van der Waals surface area contributed by atoms with Crippen molar-refractivity contribution in [2.24, 2.45) is 14.1 Å². The van der Waals surface area contributed by atoms with Crippen LogP contribution in [0.25, 0.3) is 22.5 Å². The van der Waals surface area contributed by atoms with Gasteiger partial charge in [0.25, 0.3) is 11.8 Å². The van der Waals surface area contributed by atoms with Gasteiger partial charge in [-0.1, -0.05) is 23.7 Å². The summed E-state index contributed by atoms with van der Waals surface area (Å²) in [5.41, 5.74) is 3.89. The number of phenols is 1. The maximum absolute atomic E-state index is 13.7. The molecule has 5 aromatic rings. The molecule has 46 heavy (non-hydrogen) atoms. The number of rotatable bonds is 9. The highest BCUT2D eigenvalue weighted by atomic mass is 35.5. The smallest absolute Gasteiger partial charge is 0.270 e. The number of carbonyl (C=O) groups excluding carboxylic acids is 3. The second kappa shape index (κ2) is 12.9. The molecule has 0 saturated carbocycles. The number of carbonyl (C=O) groups is 3. The molecule has 3 amide bonds. The second-order valence-corrected chi connectivity index (χ2v) is 11.5. The van der Waals surface area contributed by atoms with Gasteiger partial charge in [0.05, 0.1) is 5.56 Å². The van der Waals surface area contributed by atoms with Crippen molar-refractivity contribution >= 4 is 35.0 Å². The third-order valence-corrected chi connectivity index (χ3v) is 8.34. The first-order chi connectivity index (χ1) is 22.2. The lowest BCUT2D eigenvalue weighted by Gasteiger charge is -2.31. The topological polar surface area (TPSA) is 147 Å². The summed E-state index contributed by atoms with van der Waals surface area (Å²) in [6, 6.07) is 17.9. The van der Waals surface area contributed by atoms with Crippen LogP contribution in [0.5, 0.6) is 5.75 Å². The van der Waals surface area contributed by atoms with E-state index in [0.29, 0.717) is 40.8 Å². The van der Waals surface area contributed by atoms with Gasteiger partial charge < -0.3 is 25.2 Å². The van der Waals surface area contributed by atoms with E-state index in [4.69, 9.17) is 11.6 Å². The number of hydrogen-bond acceptors (Lipinski definition) is 7. The van der Waals surface area contributed by atoms with Gasteiger partial charge in [0, 0.05) is 56.1 Å². The number of aromatic hydroxyl groups is 1. The van der Waals surface area contributed by atoms with Crippen LogP contribution in [0.2, 0.25) is 5.02 Å². The molecule has 1 unspecified atom stereocenters. The number of anilines is 1. The third-order valence-electron chi connectivity index (χ3n) is 7.97. The molecule has 12 nitrogen and oxygen atoms in total. The van der Waals surface area contributed by atoms with Gasteiger partial charge in [-0.15, -0.1) is 10.2 Å². The predicted octanol–water partition coefficient (Wildman–Crippen LogP) is 4.07. The van der Waals surface area contributed by atoms with Gasteiger partial charge in [0.1, 0.15) is 23.8 Å². The lowest BCUT2D eigenvalue weighted by atomic mass is 9.97. The molecule has 0 radical (unpaired) electrons. The quantitative estimate of drug-likeness (QED) is 0.221. The summed E-state index contributed by atoms with van der Waals surface area (Å²) in [7, 11) is 3.48. The Labute approximate surface area is 269 Å². The molecule has 234 valence electrons. The predicted molar refractivity (Wildman–Crippen MR) is 172 cm³/mol. The molecule has 1 atom stereocenters. The highest BCUT2D eigenvalue weighted by Gasteiger charge is 2.26. The van der Waals surface area contributed by atoms with Crippen LogP contribution in [0.3, 0.4) is 0 Å². The lowest BCUT2D eigenvalue weighted by Crippen LogP contribution is -2.45. The van der Waals surface area contributed by atoms with Crippen LogP contribution in [0.4, 0.5) is 5.69 Å². The number of nitrogens with zero attached hydrogens (tertiary/aromatic N) is 6.